The van der Waals surface area contributed by atoms with E-state index < -0.39 is 0 Å². The van der Waals surface area contributed by atoms with Gasteiger partial charge < -0.3 is 10.1 Å². The van der Waals surface area contributed by atoms with Crippen molar-refractivity contribution in [2.75, 3.05) is 18.5 Å². The molecule has 0 aliphatic heterocycles. The summed E-state index contributed by atoms with van der Waals surface area (Å²) < 4.78 is 5.86. The van der Waals surface area contributed by atoms with Gasteiger partial charge in [-0.25, -0.2) is 5.43 Å². The van der Waals surface area contributed by atoms with Crippen LogP contribution < -0.4 is 15.5 Å². The molecule has 0 fully saturated rings. The van der Waals surface area contributed by atoms with Gasteiger partial charge in [-0.1, -0.05) is 43.3 Å². The van der Waals surface area contributed by atoms with Gasteiger partial charge in [0.2, 0.25) is 0 Å². The number of ether oxygens (including phenoxy) is 1. The van der Waals surface area contributed by atoms with Gasteiger partial charge >= 0.3 is 0 Å². The zero-order chi connectivity index (χ0) is 20.6. The van der Waals surface area contributed by atoms with E-state index >= 15 is 0 Å². The Morgan fingerprint density at radius 1 is 1.07 bits per heavy atom. The molecule has 1 amide bonds. The van der Waals surface area contributed by atoms with Gasteiger partial charge in [-0.2, -0.15) is 5.10 Å². The summed E-state index contributed by atoms with van der Waals surface area (Å²) in [5.41, 5.74) is 6.77. The Kier molecular flexibility index (Phi) is 6.85. The summed E-state index contributed by atoms with van der Waals surface area (Å²) in [6.07, 6.45) is 2.57. The predicted octanol–water partition coefficient (Wildman–Crippen LogP) is 4.81. The van der Waals surface area contributed by atoms with E-state index in [-0.39, 0.29) is 12.5 Å². The molecule has 0 atom stereocenters. The van der Waals surface area contributed by atoms with Crippen molar-refractivity contribution in [3.63, 3.8) is 0 Å². The van der Waals surface area contributed by atoms with E-state index in [4.69, 9.17) is 4.74 Å². The summed E-state index contributed by atoms with van der Waals surface area (Å²) in [4.78, 5) is 12.2. The van der Waals surface area contributed by atoms with Gasteiger partial charge in [-0.05, 0) is 60.4 Å². The molecule has 3 rings (SSSR count). The minimum absolute atomic E-state index is 0.147. The first-order chi connectivity index (χ1) is 14.1. The lowest BCUT2D eigenvalue weighted by molar-refractivity contribution is -0.119. The van der Waals surface area contributed by atoms with E-state index in [1.165, 1.54) is 11.1 Å². The molecule has 5 nitrogen and oxygen atoms in total. The molecular formula is C24H27N3O2. The molecule has 3 aromatic carbocycles. The minimum Gasteiger partial charge on any atom is -0.493 e. The van der Waals surface area contributed by atoms with Crippen LogP contribution in [0.1, 0.15) is 30.0 Å². The Morgan fingerprint density at radius 2 is 1.90 bits per heavy atom. The molecule has 0 bridgehead atoms. The van der Waals surface area contributed by atoms with Crippen LogP contribution in [0.3, 0.4) is 0 Å². The van der Waals surface area contributed by atoms with Gasteiger partial charge in [-0.3, -0.25) is 4.79 Å². The third-order valence-corrected chi connectivity index (χ3v) is 4.74. The Morgan fingerprint density at radius 3 is 2.69 bits per heavy atom. The largest absolute Gasteiger partial charge is 0.493 e. The normalized spacial score (nSPS) is 11.0. The molecule has 0 saturated carbocycles. The molecule has 0 aliphatic rings. The molecular weight excluding hydrogens is 362 g/mol. The van der Waals surface area contributed by atoms with Crippen LogP contribution in [0.4, 0.5) is 5.69 Å². The summed E-state index contributed by atoms with van der Waals surface area (Å²) in [6.45, 7) is 6.96. The maximum absolute atomic E-state index is 12.2. The number of hydrogen-bond donors (Lipinski definition) is 2. The number of carbonyl (C=O) groups excluding carboxylic acids is 1. The molecule has 5 heteroatoms. The Labute approximate surface area is 171 Å². The number of rotatable bonds is 8. The molecule has 2 N–H and O–H groups in total. The first-order valence-corrected chi connectivity index (χ1v) is 9.86. The Hall–Kier alpha value is -3.34. The third kappa shape index (κ3) is 5.35. The number of benzene rings is 3. The van der Waals surface area contributed by atoms with Crippen LogP contribution in [0, 0.1) is 13.8 Å². The van der Waals surface area contributed by atoms with E-state index in [9.17, 15) is 4.79 Å². The van der Waals surface area contributed by atoms with E-state index in [2.05, 4.69) is 29.7 Å². The molecule has 0 unspecified atom stereocenters. The van der Waals surface area contributed by atoms with Gasteiger partial charge in [0.05, 0.1) is 19.4 Å². The monoisotopic (exact) mass is 389 g/mol. The van der Waals surface area contributed by atoms with E-state index in [1.54, 1.807) is 6.21 Å². The average molecular weight is 389 g/mol. The van der Waals surface area contributed by atoms with Gasteiger partial charge in [0.15, 0.2) is 0 Å². The van der Waals surface area contributed by atoms with E-state index in [1.807, 2.05) is 61.5 Å². The smallest absolute Gasteiger partial charge is 0.259 e. The fraction of sp³-hybridized carbons (Fsp3) is 0.250. The number of fused-ring (bicyclic) bond motifs is 1. The second-order valence-electron chi connectivity index (χ2n) is 6.99. The molecule has 0 aromatic heterocycles. The average Bonchev–Trinajstić information content (AvgIpc) is 2.73. The Balaban J connectivity index is 1.67. The molecule has 150 valence electrons. The summed E-state index contributed by atoms with van der Waals surface area (Å²) >= 11 is 0. The van der Waals surface area contributed by atoms with Crippen molar-refractivity contribution in [2.45, 2.75) is 27.2 Å². The number of hydrazone groups is 1. The van der Waals surface area contributed by atoms with Gasteiger partial charge in [0.1, 0.15) is 5.75 Å². The van der Waals surface area contributed by atoms with Crippen molar-refractivity contribution in [2.24, 2.45) is 5.10 Å². The first-order valence-electron chi connectivity index (χ1n) is 9.86. The SMILES string of the molecule is CCCOc1ccc2ccccc2c1/C=N\NC(=O)CNc1ccc(C)c(C)c1. The van der Waals surface area contributed by atoms with Crippen LogP contribution in [0.5, 0.6) is 5.75 Å². The lowest BCUT2D eigenvalue weighted by atomic mass is 10.0. The first kappa shape index (κ1) is 20.4. The van der Waals surface area contributed by atoms with Crippen molar-refractivity contribution in [3.8, 4) is 5.75 Å². The topological polar surface area (TPSA) is 62.7 Å². The van der Waals surface area contributed by atoms with Crippen molar-refractivity contribution >= 4 is 28.6 Å². The lowest BCUT2D eigenvalue weighted by Gasteiger charge is -2.11. The summed E-state index contributed by atoms with van der Waals surface area (Å²) in [5, 5.41) is 9.41. The summed E-state index contributed by atoms with van der Waals surface area (Å²) in [6, 6.07) is 18.1. The van der Waals surface area contributed by atoms with Gasteiger partial charge in [0.25, 0.3) is 5.91 Å². The van der Waals surface area contributed by atoms with Crippen LogP contribution in [-0.2, 0) is 4.79 Å². The highest BCUT2D eigenvalue weighted by molar-refractivity contribution is 6.02. The predicted molar refractivity (Wildman–Crippen MR) is 120 cm³/mol. The second kappa shape index (κ2) is 9.73. The van der Waals surface area contributed by atoms with E-state index in [0.29, 0.717) is 6.61 Å². The van der Waals surface area contributed by atoms with Crippen molar-refractivity contribution in [1.29, 1.82) is 0 Å². The molecule has 3 aromatic rings. The number of anilines is 1. The fourth-order valence-electron chi connectivity index (χ4n) is 2.99. The highest BCUT2D eigenvalue weighted by Gasteiger charge is 2.07. The van der Waals surface area contributed by atoms with Crippen molar-refractivity contribution in [1.82, 2.24) is 5.43 Å². The van der Waals surface area contributed by atoms with Crippen molar-refractivity contribution < 1.29 is 9.53 Å². The third-order valence-electron chi connectivity index (χ3n) is 4.74. The van der Waals surface area contributed by atoms with Crippen molar-refractivity contribution in [3.05, 3.63) is 71.3 Å². The summed E-state index contributed by atoms with van der Waals surface area (Å²) in [7, 11) is 0. The summed E-state index contributed by atoms with van der Waals surface area (Å²) in [5.74, 6) is 0.549. The second-order valence-corrected chi connectivity index (χ2v) is 6.99. The quantitative estimate of drug-likeness (QED) is 0.429. The molecule has 0 spiro atoms. The molecule has 0 aliphatic carbocycles. The van der Waals surface area contributed by atoms with Crippen LogP contribution >= 0.6 is 0 Å². The van der Waals surface area contributed by atoms with E-state index in [0.717, 1.165) is 34.2 Å². The maximum Gasteiger partial charge on any atom is 0.259 e. The molecule has 0 heterocycles. The number of nitrogens with one attached hydrogen (secondary N) is 2. The highest BCUT2D eigenvalue weighted by atomic mass is 16.5. The minimum atomic E-state index is -0.212. The number of carbonyl (C=O) groups is 1. The van der Waals surface area contributed by atoms with Crippen LogP contribution in [0.15, 0.2) is 59.7 Å². The lowest BCUT2D eigenvalue weighted by Crippen LogP contribution is -2.25. The van der Waals surface area contributed by atoms with Gasteiger partial charge in [0, 0.05) is 11.3 Å². The fourth-order valence-corrected chi connectivity index (χ4v) is 2.99. The van der Waals surface area contributed by atoms with Gasteiger partial charge in [-0.15, -0.1) is 0 Å². The van der Waals surface area contributed by atoms with Crippen LogP contribution in [-0.4, -0.2) is 25.3 Å². The van der Waals surface area contributed by atoms with Crippen LogP contribution in [0.2, 0.25) is 0 Å². The standard InChI is InChI=1S/C24H27N3O2/c1-4-13-29-23-12-10-19-7-5-6-8-21(19)22(23)15-26-27-24(28)16-25-20-11-9-17(2)18(3)14-20/h5-12,14-15,25H,4,13,16H2,1-3H3,(H,27,28)/b26-15-. The molecule has 0 radical (unpaired) electrons. The molecule has 29 heavy (non-hydrogen) atoms. The zero-order valence-corrected chi connectivity index (χ0v) is 17.2. The maximum atomic E-state index is 12.2. The zero-order valence-electron chi connectivity index (χ0n) is 17.2. The number of hydrogen-bond acceptors (Lipinski definition) is 4. The molecule has 0 saturated heterocycles. The number of amides is 1. The number of aryl methyl sites for hydroxylation is 2. The highest BCUT2D eigenvalue weighted by Crippen LogP contribution is 2.26. The van der Waals surface area contributed by atoms with Crippen LogP contribution in [0.25, 0.3) is 10.8 Å². The number of nitrogens with zero attached hydrogens (tertiary/aromatic N) is 1. The Bertz CT molecular complexity index is 1030.